The Morgan fingerprint density at radius 2 is 1.86 bits per heavy atom. The molecule has 0 bridgehead atoms. The molecule has 22 heavy (non-hydrogen) atoms. The Morgan fingerprint density at radius 1 is 1.14 bits per heavy atom. The lowest BCUT2D eigenvalue weighted by Gasteiger charge is -2.02. The minimum Gasteiger partial charge on any atom is -0.497 e. The number of nitrogens with zero attached hydrogens (tertiary/aromatic N) is 1. The average Bonchev–Trinajstić information content (AvgIpc) is 2.58. The van der Waals surface area contributed by atoms with Crippen LogP contribution in [0.5, 0.6) is 5.75 Å². The monoisotopic (exact) mass is 298 g/mol. The summed E-state index contributed by atoms with van der Waals surface area (Å²) in [5.41, 5.74) is 4.06. The van der Waals surface area contributed by atoms with Crippen LogP contribution in [0.1, 0.15) is 15.9 Å². The number of nitrogens with one attached hydrogen (secondary N) is 1. The van der Waals surface area contributed by atoms with Gasteiger partial charge in [-0.15, -0.1) is 0 Å². The number of benzene rings is 2. The maximum absolute atomic E-state index is 11.8. The van der Waals surface area contributed by atoms with Gasteiger partial charge in [-0.25, -0.2) is 5.43 Å². The van der Waals surface area contributed by atoms with Crippen molar-refractivity contribution in [3.05, 3.63) is 65.7 Å². The van der Waals surface area contributed by atoms with E-state index in [9.17, 15) is 4.79 Å². The van der Waals surface area contributed by atoms with E-state index < -0.39 is 0 Å². The molecule has 2 aromatic carbocycles. The molecule has 0 saturated heterocycles. The molecular formula is C17H18N2O3. The number of hydrogen-bond acceptors (Lipinski definition) is 4. The molecule has 114 valence electrons. The number of rotatable bonds is 7. The molecule has 0 aliphatic rings. The van der Waals surface area contributed by atoms with E-state index in [0.29, 0.717) is 24.5 Å². The van der Waals surface area contributed by atoms with E-state index in [1.165, 1.54) is 6.21 Å². The molecule has 1 N–H and O–H groups in total. The summed E-state index contributed by atoms with van der Waals surface area (Å²) in [7, 11) is 1.58. The lowest BCUT2D eigenvalue weighted by molar-refractivity contribution is 0.0954. The number of amides is 1. The smallest absolute Gasteiger partial charge is 0.271 e. The van der Waals surface area contributed by atoms with E-state index in [-0.39, 0.29) is 5.91 Å². The van der Waals surface area contributed by atoms with E-state index in [1.54, 1.807) is 31.4 Å². The summed E-state index contributed by atoms with van der Waals surface area (Å²) in [5.74, 6) is 0.427. The largest absolute Gasteiger partial charge is 0.497 e. The predicted molar refractivity (Wildman–Crippen MR) is 85.1 cm³/mol. The van der Waals surface area contributed by atoms with Crippen LogP contribution < -0.4 is 10.2 Å². The maximum atomic E-state index is 11.8. The van der Waals surface area contributed by atoms with Crippen molar-refractivity contribution in [2.24, 2.45) is 5.10 Å². The van der Waals surface area contributed by atoms with Crippen molar-refractivity contribution in [1.29, 1.82) is 0 Å². The molecule has 2 aromatic rings. The molecule has 0 saturated carbocycles. The molecule has 0 aromatic heterocycles. The Bertz CT molecular complexity index is 610. The molecule has 1 amide bonds. The van der Waals surface area contributed by atoms with Crippen molar-refractivity contribution in [1.82, 2.24) is 5.43 Å². The van der Waals surface area contributed by atoms with Crippen molar-refractivity contribution >= 4 is 12.1 Å². The fourth-order valence-electron chi connectivity index (χ4n) is 1.75. The number of ether oxygens (including phenoxy) is 2. The molecule has 0 radical (unpaired) electrons. The highest BCUT2D eigenvalue weighted by Gasteiger charge is 2.03. The molecule has 5 nitrogen and oxygen atoms in total. The van der Waals surface area contributed by atoms with Crippen LogP contribution in [-0.2, 0) is 11.3 Å². The molecule has 0 fully saturated rings. The third-order valence-corrected chi connectivity index (χ3v) is 2.91. The van der Waals surface area contributed by atoms with Crippen LogP contribution in [0.4, 0.5) is 0 Å². The van der Waals surface area contributed by atoms with Crippen LogP contribution in [-0.4, -0.2) is 25.8 Å². The third-order valence-electron chi connectivity index (χ3n) is 2.91. The summed E-state index contributed by atoms with van der Waals surface area (Å²) in [5, 5.41) is 3.84. The molecule has 2 rings (SSSR count). The van der Waals surface area contributed by atoms with Crippen LogP contribution in [0.15, 0.2) is 59.7 Å². The minimum atomic E-state index is -0.276. The van der Waals surface area contributed by atoms with Gasteiger partial charge in [0.2, 0.25) is 0 Å². The van der Waals surface area contributed by atoms with Crippen molar-refractivity contribution in [2.75, 3.05) is 13.7 Å². The quantitative estimate of drug-likeness (QED) is 0.485. The first-order valence-electron chi connectivity index (χ1n) is 6.87. The molecule has 0 unspecified atom stereocenters. The number of methoxy groups -OCH3 is 1. The Kier molecular flexibility index (Phi) is 6.14. The van der Waals surface area contributed by atoms with Gasteiger partial charge in [-0.2, -0.15) is 5.10 Å². The number of hydrogen-bond donors (Lipinski definition) is 1. The molecule has 0 heterocycles. The van der Waals surface area contributed by atoms with E-state index in [0.717, 1.165) is 5.56 Å². The molecule has 0 aliphatic carbocycles. The van der Waals surface area contributed by atoms with Crippen molar-refractivity contribution in [3.63, 3.8) is 0 Å². The predicted octanol–water partition coefficient (Wildman–Crippen LogP) is 2.63. The number of hydrazone groups is 1. The SMILES string of the molecule is COc1ccc(C(=O)NN=CCOCc2ccccc2)cc1. The Balaban J connectivity index is 1.69. The molecule has 0 aliphatic heterocycles. The molecule has 0 atom stereocenters. The van der Waals surface area contributed by atoms with E-state index >= 15 is 0 Å². The number of carbonyl (C=O) groups is 1. The van der Waals surface area contributed by atoms with Gasteiger partial charge < -0.3 is 9.47 Å². The highest BCUT2D eigenvalue weighted by atomic mass is 16.5. The lowest BCUT2D eigenvalue weighted by atomic mass is 10.2. The van der Waals surface area contributed by atoms with Crippen molar-refractivity contribution in [3.8, 4) is 5.75 Å². The van der Waals surface area contributed by atoms with Gasteiger partial charge in [-0.05, 0) is 29.8 Å². The van der Waals surface area contributed by atoms with E-state index in [4.69, 9.17) is 9.47 Å². The van der Waals surface area contributed by atoms with Crippen LogP contribution in [0.25, 0.3) is 0 Å². The zero-order chi connectivity index (χ0) is 15.6. The third kappa shape index (κ3) is 5.03. The summed E-state index contributed by atoms with van der Waals surface area (Å²) < 4.78 is 10.5. The van der Waals surface area contributed by atoms with E-state index in [1.807, 2.05) is 30.3 Å². The topological polar surface area (TPSA) is 59.9 Å². The number of carbonyl (C=O) groups excluding carboxylic acids is 1. The summed E-state index contributed by atoms with van der Waals surface area (Å²) in [4.78, 5) is 11.8. The van der Waals surface area contributed by atoms with Gasteiger partial charge in [-0.1, -0.05) is 30.3 Å². The molecular weight excluding hydrogens is 280 g/mol. The van der Waals surface area contributed by atoms with Gasteiger partial charge in [0.15, 0.2) is 0 Å². The summed E-state index contributed by atoms with van der Waals surface area (Å²) >= 11 is 0. The second-order valence-corrected chi connectivity index (χ2v) is 4.48. The zero-order valence-electron chi connectivity index (χ0n) is 12.4. The minimum absolute atomic E-state index is 0.276. The normalized spacial score (nSPS) is 10.6. The van der Waals surface area contributed by atoms with Crippen molar-refractivity contribution in [2.45, 2.75) is 6.61 Å². The molecule has 5 heteroatoms. The second kappa shape index (κ2) is 8.59. The summed E-state index contributed by atoms with van der Waals surface area (Å²) in [6.45, 7) is 0.844. The van der Waals surface area contributed by atoms with Gasteiger partial charge in [0.25, 0.3) is 5.91 Å². The van der Waals surface area contributed by atoms with Crippen LogP contribution in [0, 0.1) is 0 Å². The first-order valence-corrected chi connectivity index (χ1v) is 6.87. The van der Waals surface area contributed by atoms with Gasteiger partial charge in [0.05, 0.1) is 26.5 Å². The first kappa shape index (κ1) is 15.7. The van der Waals surface area contributed by atoms with Gasteiger partial charge >= 0.3 is 0 Å². The van der Waals surface area contributed by atoms with Crippen molar-refractivity contribution < 1.29 is 14.3 Å². The Hall–Kier alpha value is -2.66. The fourth-order valence-corrected chi connectivity index (χ4v) is 1.75. The first-order chi connectivity index (χ1) is 10.8. The highest BCUT2D eigenvalue weighted by Crippen LogP contribution is 2.10. The van der Waals surface area contributed by atoms with Crippen LogP contribution >= 0.6 is 0 Å². The summed E-state index contributed by atoms with van der Waals surface area (Å²) in [6.07, 6.45) is 1.52. The molecule has 0 spiro atoms. The second-order valence-electron chi connectivity index (χ2n) is 4.48. The van der Waals surface area contributed by atoms with Crippen LogP contribution in [0.2, 0.25) is 0 Å². The van der Waals surface area contributed by atoms with Gasteiger partial charge in [0, 0.05) is 5.56 Å². The average molecular weight is 298 g/mol. The lowest BCUT2D eigenvalue weighted by Crippen LogP contribution is -2.17. The van der Waals surface area contributed by atoms with Gasteiger partial charge in [-0.3, -0.25) is 4.79 Å². The standard InChI is InChI=1S/C17H18N2O3/c1-21-16-9-7-15(8-10-16)17(20)19-18-11-12-22-13-14-5-3-2-4-6-14/h2-11H,12-13H2,1H3,(H,19,20). The summed E-state index contributed by atoms with van der Waals surface area (Å²) in [6, 6.07) is 16.7. The van der Waals surface area contributed by atoms with Crippen LogP contribution in [0.3, 0.4) is 0 Å². The maximum Gasteiger partial charge on any atom is 0.271 e. The van der Waals surface area contributed by atoms with Gasteiger partial charge in [0.1, 0.15) is 5.75 Å². The fraction of sp³-hybridized carbons (Fsp3) is 0.176. The zero-order valence-corrected chi connectivity index (χ0v) is 12.4. The highest BCUT2D eigenvalue weighted by molar-refractivity contribution is 5.94. The Morgan fingerprint density at radius 3 is 2.55 bits per heavy atom. The van der Waals surface area contributed by atoms with E-state index in [2.05, 4.69) is 10.5 Å². The Labute approximate surface area is 129 Å².